The van der Waals surface area contributed by atoms with Gasteiger partial charge >= 0.3 is 6.03 Å². The second-order valence-electron chi connectivity index (χ2n) is 7.62. The number of halogens is 4. The summed E-state index contributed by atoms with van der Waals surface area (Å²) in [6, 6.07) is 4.77. The van der Waals surface area contributed by atoms with Crippen molar-refractivity contribution in [3.05, 3.63) is 51.5 Å². The second-order valence-corrected chi connectivity index (χ2v) is 9.44. The molecule has 3 aromatic rings. The zero-order chi connectivity index (χ0) is 24.2. The summed E-state index contributed by atoms with van der Waals surface area (Å²) < 4.78 is 40.5. The number of rotatable bonds is 7. The van der Waals surface area contributed by atoms with E-state index < -0.39 is 23.8 Å². The van der Waals surface area contributed by atoms with E-state index in [1.54, 1.807) is 6.92 Å². The third-order valence-corrected chi connectivity index (χ3v) is 7.02. The van der Waals surface area contributed by atoms with Gasteiger partial charge in [-0.1, -0.05) is 34.5 Å². The molecule has 0 radical (unpaired) electrons. The molecule has 12 heteroatoms. The molecule has 1 atom stereocenters. The molecule has 2 heterocycles. The average Bonchev–Trinajstić information content (AvgIpc) is 3.18. The first-order valence-electron chi connectivity index (χ1n) is 10.6. The Morgan fingerprint density at radius 3 is 2.79 bits per heavy atom. The number of anilines is 1. The van der Waals surface area contributed by atoms with Crippen LogP contribution in [0, 0.1) is 11.6 Å². The molecule has 34 heavy (non-hydrogen) atoms. The minimum absolute atomic E-state index is 0.0135. The highest BCUT2D eigenvalue weighted by atomic mass is 35.5. The zero-order valence-corrected chi connectivity index (χ0v) is 20.5. The molecule has 1 fully saturated rings. The van der Waals surface area contributed by atoms with Crippen LogP contribution in [0.2, 0.25) is 10.0 Å². The molecule has 0 saturated carbocycles. The molecular formula is C22H22Cl2F2N4O3S. The largest absolute Gasteiger partial charge is 0.483 e. The van der Waals surface area contributed by atoms with E-state index in [1.165, 1.54) is 24.3 Å². The number of aromatic nitrogens is 1. The molecule has 0 spiro atoms. The molecule has 2 amide bonds. The maximum absolute atomic E-state index is 14.7. The van der Waals surface area contributed by atoms with Crippen LogP contribution >= 0.6 is 34.5 Å². The molecule has 4 rings (SSSR count). The smallest absolute Gasteiger partial charge is 0.321 e. The van der Waals surface area contributed by atoms with E-state index in [1.807, 2.05) is 0 Å². The number of ether oxygens (including phenoxy) is 2. The minimum Gasteiger partial charge on any atom is -0.483 e. The molecule has 7 nitrogen and oxygen atoms in total. The van der Waals surface area contributed by atoms with Crippen LogP contribution in [0.1, 0.15) is 18.6 Å². The van der Waals surface area contributed by atoms with Crippen LogP contribution in [-0.4, -0.2) is 55.3 Å². The molecule has 0 aliphatic carbocycles. The van der Waals surface area contributed by atoms with E-state index in [4.69, 9.17) is 32.7 Å². The number of carbonyl (C=O) groups is 1. The van der Waals surface area contributed by atoms with Gasteiger partial charge in [0.15, 0.2) is 16.7 Å². The number of nitrogens with one attached hydrogen (secondary N) is 2. The van der Waals surface area contributed by atoms with Gasteiger partial charge < -0.3 is 14.8 Å². The van der Waals surface area contributed by atoms with Gasteiger partial charge in [-0.2, -0.15) is 0 Å². The number of benzene rings is 2. The Hall–Kier alpha value is -2.24. The Balaban J connectivity index is 1.40. The fourth-order valence-electron chi connectivity index (χ4n) is 3.53. The highest BCUT2D eigenvalue weighted by Gasteiger charge is 2.21. The molecule has 1 saturated heterocycles. The summed E-state index contributed by atoms with van der Waals surface area (Å²) in [5.41, 5.74) is 0.396. The van der Waals surface area contributed by atoms with Crippen LogP contribution in [0.15, 0.2) is 24.3 Å². The van der Waals surface area contributed by atoms with Gasteiger partial charge in [0, 0.05) is 43.9 Å². The monoisotopic (exact) mass is 530 g/mol. The molecule has 1 aliphatic heterocycles. The molecular weight excluding hydrogens is 509 g/mol. The van der Waals surface area contributed by atoms with Gasteiger partial charge in [-0.25, -0.2) is 18.6 Å². The first-order valence-corrected chi connectivity index (χ1v) is 12.1. The number of hydrogen-bond acceptors (Lipinski definition) is 6. The fourth-order valence-corrected chi connectivity index (χ4v) is 4.87. The average molecular weight is 531 g/mol. The van der Waals surface area contributed by atoms with E-state index in [0.717, 1.165) is 31.0 Å². The van der Waals surface area contributed by atoms with E-state index >= 15 is 0 Å². The number of urea groups is 1. The van der Waals surface area contributed by atoms with Crippen LogP contribution in [0.5, 0.6) is 5.75 Å². The lowest BCUT2D eigenvalue weighted by atomic mass is 10.1. The van der Waals surface area contributed by atoms with Crippen molar-refractivity contribution in [3.63, 3.8) is 0 Å². The summed E-state index contributed by atoms with van der Waals surface area (Å²) in [6.45, 7) is 5.81. The zero-order valence-electron chi connectivity index (χ0n) is 18.2. The third-order valence-electron chi connectivity index (χ3n) is 5.27. The van der Waals surface area contributed by atoms with Gasteiger partial charge in [-0.3, -0.25) is 10.2 Å². The number of hydrogen-bond donors (Lipinski definition) is 2. The Morgan fingerprint density at radius 2 is 2.03 bits per heavy atom. The number of thiazole rings is 1. The first kappa shape index (κ1) is 24.9. The third kappa shape index (κ3) is 5.87. The quantitative estimate of drug-likeness (QED) is 0.396. The lowest BCUT2D eigenvalue weighted by molar-refractivity contribution is 0.0388. The number of nitrogens with zero attached hydrogens (tertiary/aromatic N) is 2. The number of carbonyl (C=O) groups excluding carboxylic acids is 1. The normalized spacial score (nSPS) is 15.3. The van der Waals surface area contributed by atoms with E-state index in [9.17, 15) is 13.6 Å². The van der Waals surface area contributed by atoms with Crippen molar-refractivity contribution < 1.29 is 23.0 Å². The summed E-state index contributed by atoms with van der Waals surface area (Å²) >= 11 is 13.3. The summed E-state index contributed by atoms with van der Waals surface area (Å²) in [7, 11) is 0. The van der Waals surface area contributed by atoms with Gasteiger partial charge in [-0.05, 0) is 19.1 Å². The predicted octanol–water partition coefficient (Wildman–Crippen LogP) is 5.48. The Morgan fingerprint density at radius 1 is 1.26 bits per heavy atom. The Bertz CT molecular complexity index is 1190. The summed E-state index contributed by atoms with van der Waals surface area (Å²) in [4.78, 5) is 18.7. The highest BCUT2D eigenvalue weighted by Crippen LogP contribution is 2.37. The molecule has 0 bridgehead atoms. The van der Waals surface area contributed by atoms with Crippen molar-refractivity contribution in [1.29, 1.82) is 0 Å². The summed E-state index contributed by atoms with van der Waals surface area (Å²) in [5, 5.41) is 5.94. The van der Waals surface area contributed by atoms with Crippen LogP contribution in [0.25, 0.3) is 10.2 Å². The predicted molar refractivity (Wildman–Crippen MR) is 129 cm³/mol. The molecule has 1 aliphatic rings. The van der Waals surface area contributed by atoms with Crippen LogP contribution < -0.4 is 15.4 Å². The van der Waals surface area contributed by atoms with Crippen molar-refractivity contribution in [2.24, 2.45) is 0 Å². The van der Waals surface area contributed by atoms with Crippen molar-refractivity contribution in [2.45, 2.75) is 13.0 Å². The standard InChI is InChI=1S/C22H22Cl2F2N4O3S/c1-12(19-14(25)3-2-13(23)20(19)24)33-17-11-18-16(10-15(17)26)28-22(34-18)29-21(31)27-4-5-30-6-8-32-9-7-30/h2-3,10-12H,4-9H2,1H3,(H2,27,28,29,31)/t12-/m0/s1. The van der Waals surface area contributed by atoms with Gasteiger partial charge in [0.05, 0.1) is 33.5 Å². The van der Waals surface area contributed by atoms with Gasteiger partial charge in [0.25, 0.3) is 0 Å². The van der Waals surface area contributed by atoms with Crippen molar-refractivity contribution in [3.8, 4) is 5.75 Å². The SMILES string of the molecule is C[C@H](Oc1cc2sc(NC(=O)NCCN3CCOCC3)nc2cc1F)c1c(F)ccc(Cl)c1Cl. The van der Waals surface area contributed by atoms with Gasteiger partial charge in [0.2, 0.25) is 0 Å². The van der Waals surface area contributed by atoms with Crippen LogP contribution in [-0.2, 0) is 4.74 Å². The van der Waals surface area contributed by atoms with E-state index in [0.29, 0.717) is 35.1 Å². The lowest BCUT2D eigenvalue weighted by Gasteiger charge is -2.26. The maximum atomic E-state index is 14.7. The molecule has 182 valence electrons. The minimum atomic E-state index is -0.902. The maximum Gasteiger partial charge on any atom is 0.321 e. The van der Waals surface area contributed by atoms with Crippen molar-refractivity contribution in [2.75, 3.05) is 44.7 Å². The number of morpholine rings is 1. The number of fused-ring (bicyclic) bond motifs is 1. The fraction of sp³-hybridized carbons (Fsp3) is 0.364. The van der Waals surface area contributed by atoms with Crippen LogP contribution in [0.3, 0.4) is 0 Å². The van der Waals surface area contributed by atoms with Gasteiger partial charge in [-0.15, -0.1) is 0 Å². The molecule has 1 aromatic heterocycles. The topological polar surface area (TPSA) is 75.7 Å². The first-order chi connectivity index (χ1) is 16.3. The van der Waals surface area contributed by atoms with Crippen molar-refractivity contribution in [1.82, 2.24) is 15.2 Å². The van der Waals surface area contributed by atoms with E-state index in [2.05, 4.69) is 20.5 Å². The number of amides is 2. The van der Waals surface area contributed by atoms with Crippen molar-refractivity contribution >= 4 is 55.9 Å². The lowest BCUT2D eigenvalue weighted by Crippen LogP contribution is -2.42. The Kier molecular flexibility index (Phi) is 8.05. The van der Waals surface area contributed by atoms with Gasteiger partial charge in [0.1, 0.15) is 11.9 Å². The Labute approximate surface area is 208 Å². The highest BCUT2D eigenvalue weighted by molar-refractivity contribution is 7.22. The van der Waals surface area contributed by atoms with E-state index in [-0.39, 0.29) is 21.4 Å². The molecule has 2 aromatic carbocycles. The summed E-state index contributed by atoms with van der Waals surface area (Å²) in [6.07, 6.45) is -0.902. The molecule has 2 N–H and O–H groups in total. The molecule has 0 unspecified atom stereocenters. The summed E-state index contributed by atoms with van der Waals surface area (Å²) in [5.74, 6) is -1.38. The second kappa shape index (κ2) is 11.0. The van der Waals surface area contributed by atoms with Crippen LogP contribution in [0.4, 0.5) is 18.7 Å².